The number of aryl methyl sites for hydroxylation is 1. The van der Waals surface area contributed by atoms with Crippen molar-refractivity contribution < 1.29 is 0 Å². The second-order valence-electron chi connectivity index (χ2n) is 6.08. The summed E-state index contributed by atoms with van der Waals surface area (Å²) in [5.41, 5.74) is 8.86. The van der Waals surface area contributed by atoms with Crippen molar-refractivity contribution >= 4 is 0 Å². The molecule has 106 valence electrons. The van der Waals surface area contributed by atoms with Gasteiger partial charge in [0.2, 0.25) is 0 Å². The Morgan fingerprint density at radius 3 is 2.42 bits per heavy atom. The molecule has 1 aliphatic rings. The van der Waals surface area contributed by atoms with Gasteiger partial charge in [-0.05, 0) is 45.3 Å². The Kier molecular flexibility index (Phi) is 5.41. The molecule has 0 aliphatic heterocycles. The molecule has 0 radical (unpaired) electrons. The number of benzene rings is 1. The third-order valence-electron chi connectivity index (χ3n) is 4.50. The van der Waals surface area contributed by atoms with E-state index in [1.807, 2.05) is 0 Å². The van der Waals surface area contributed by atoms with Crippen LogP contribution in [0.5, 0.6) is 0 Å². The second kappa shape index (κ2) is 7.06. The van der Waals surface area contributed by atoms with Crippen LogP contribution < -0.4 is 5.73 Å². The van der Waals surface area contributed by atoms with E-state index < -0.39 is 0 Å². The Bertz CT molecular complexity index is 365. The summed E-state index contributed by atoms with van der Waals surface area (Å²) >= 11 is 0. The molecule has 1 aliphatic carbocycles. The number of hydrogen-bond donors (Lipinski definition) is 1. The fraction of sp³-hybridized carbons (Fsp3) is 0.647. The first-order chi connectivity index (χ1) is 9.16. The van der Waals surface area contributed by atoms with Crippen LogP contribution in [-0.4, -0.2) is 24.5 Å². The van der Waals surface area contributed by atoms with Crippen molar-refractivity contribution in [2.45, 2.75) is 57.5 Å². The summed E-state index contributed by atoms with van der Waals surface area (Å²) in [7, 11) is 2.26. The highest BCUT2D eigenvalue weighted by atomic mass is 15.1. The quantitative estimate of drug-likeness (QED) is 0.875. The minimum Gasteiger partial charge on any atom is -0.324 e. The molecule has 1 unspecified atom stereocenters. The Morgan fingerprint density at radius 1 is 1.16 bits per heavy atom. The van der Waals surface area contributed by atoms with Gasteiger partial charge in [0.25, 0.3) is 0 Å². The predicted molar refractivity (Wildman–Crippen MR) is 82.2 cm³/mol. The maximum Gasteiger partial charge on any atom is 0.0307 e. The van der Waals surface area contributed by atoms with E-state index in [9.17, 15) is 0 Å². The number of nitrogens with zero attached hydrogens (tertiary/aromatic N) is 1. The van der Waals surface area contributed by atoms with Crippen LogP contribution in [0.3, 0.4) is 0 Å². The van der Waals surface area contributed by atoms with Gasteiger partial charge in [-0.3, -0.25) is 0 Å². The van der Waals surface area contributed by atoms with Gasteiger partial charge in [-0.2, -0.15) is 0 Å². The van der Waals surface area contributed by atoms with E-state index in [1.165, 1.54) is 43.2 Å². The van der Waals surface area contributed by atoms with E-state index in [0.717, 1.165) is 19.0 Å². The first-order valence-electron chi connectivity index (χ1n) is 7.69. The fourth-order valence-electron chi connectivity index (χ4n) is 3.03. The second-order valence-corrected chi connectivity index (χ2v) is 6.08. The molecule has 2 N–H and O–H groups in total. The third-order valence-corrected chi connectivity index (χ3v) is 4.50. The maximum absolute atomic E-state index is 6.30. The van der Waals surface area contributed by atoms with Gasteiger partial charge in [0, 0.05) is 12.1 Å². The molecule has 0 saturated heterocycles. The van der Waals surface area contributed by atoms with Crippen molar-refractivity contribution in [3.05, 3.63) is 35.4 Å². The van der Waals surface area contributed by atoms with E-state index in [1.54, 1.807) is 0 Å². The number of hydrogen-bond acceptors (Lipinski definition) is 2. The van der Waals surface area contributed by atoms with Crippen molar-refractivity contribution in [1.82, 2.24) is 4.90 Å². The van der Waals surface area contributed by atoms with Crippen LogP contribution in [-0.2, 0) is 0 Å². The van der Waals surface area contributed by atoms with Gasteiger partial charge >= 0.3 is 0 Å². The molecule has 0 amide bonds. The zero-order chi connectivity index (χ0) is 13.7. The summed E-state index contributed by atoms with van der Waals surface area (Å²) in [6, 6.07) is 9.60. The third kappa shape index (κ3) is 4.32. The predicted octanol–water partition coefficient (Wildman–Crippen LogP) is 3.65. The average Bonchev–Trinajstić information content (AvgIpc) is 2.46. The molecule has 1 aromatic carbocycles. The molecule has 2 heteroatoms. The SMILES string of the molecule is Cc1ccc(C(N)CCN(C)C2CCCCC2)cc1. The van der Waals surface area contributed by atoms with Gasteiger partial charge in [-0.1, -0.05) is 49.1 Å². The van der Waals surface area contributed by atoms with E-state index in [-0.39, 0.29) is 6.04 Å². The molecule has 2 rings (SSSR count). The highest BCUT2D eigenvalue weighted by Crippen LogP contribution is 2.23. The Labute approximate surface area is 118 Å². The summed E-state index contributed by atoms with van der Waals surface area (Å²) in [4.78, 5) is 2.52. The number of rotatable bonds is 5. The largest absolute Gasteiger partial charge is 0.324 e. The summed E-state index contributed by atoms with van der Waals surface area (Å²) in [5.74, 6) is 0. The summed E-state index contributed by atoms with van der Waals surface area (Å²) in [5, 5.41) is 0. The minimum atomic E-state index is 0.173. The molecular weight excluding hydrogens is 232 g/mol. The summed E-state index contributed by atoms with van der Waals surface area (Å²) in [6.07, 6.45) is 8.02. The van der Waals surface area contributed by atoms with Crippen molar-refractivity contribution in [3.8, 4) is 0 Å². The lowest BCUT2D eigenvalue weighted by molar-refractivity contribution is 0.186. The van der Waals surface area contributed by atoms with Gasteiger partial charge in [-0.15, -0.1) is 0 Å². The lowest BCUT2D eigenvalue weighted by atomic mass is 9.94. The van der Waals surface area contributed by atoms with Crippen molar-refractivity contribution in [1.29, 1.82) is 0 Å². The van der Waals surface area contributed by atoms with Gasteiger partial charge in [-0.25, -0.2) is 0 Å². The smallest absolute Gasteiger partial charge is 0.0307 e. The summed E-state index contributed by atoms with van der Waals surface area (Å²) in [6.45, 7) is 3.23. The molecule has 1 aromatic rings. The zero-order valence-electron chi connectivity index (χ0n) is 12.4. The number of nitrogens with two attached hydrogens (primary N) is 1. The molecule has 0 spiro atoms. The highest BCUT2D eigenvalue weighted by Gasteiger charge is 2.18. The van der Waals surface area contributed by atoms with E-state index in [0.29, 0.717) is 0 Å². The molecule has 1 atom stereocenters. The van der Waals surface area contributed by atoms with Crippen LogP contribution in [0.25, 0.3) is 0 Å². The zero-order valence-corrected chi connectivity index (χ0v) is 12.4. The summed E-state index contributed by atoms with van der Waals surface area (Å²) < 4.78 is 0. The first-order valence-corrected chi connectivity index (χ1v) is 7.69. The standard InChI is InChI=1S/C17H28N2/c1-14-8-10-15(11-9-14)17(18)12-13-19(2)16-6-4-3-5-7-16/h8-11,16-17H,3-7,12-13,18H2,1-2H3. The normalized spacial score (nSPS) is 18.7. The van der Waals surface area contributed by atoms with E-state index in [2.05, 4.69) is 43.1 Å². The molecule has 1 fully saturated rings. The van der Waals surface area contributed by atoms with Gasteiger partial charge in [0.15, 0.2) is 0 Å². The van der Waals surface area contributed by atoms with Crippen LogP contribution in [0.1, 0.15) is 55.7 Å². The molecule has 0 aromatic heterocycles. The van der Waals surface area contributed by atoms with E-state index >= 15 is 0 Å². The van der Waals surface area contributed by atoms with Crippen LogP contribution in [0.2, 0.25) is 0 Å². The Morgan fingerprint density at radius 2 is 1.79 bits per heavy atom. The van der Waals surface area contributed by atoms with Gasteiger partial charge < -0.3 is 10.6 Å². The molecular formula is C17H28N2. The molecule has 0 heterocycles. The Hall–Kier alpha value is -0.860. The van der Waals surface area contributed by atoms with Crippen molar-refractivity contribution in [3.63, 3.8) is 0 Å². The molecule has 0 bridgehead atoms. The fourth-order valence-corrected chi connectivity index (χ4v) is 3.03. The van der Waals surface area contributed by atoms with Crippen LogP contribution in [0.15, 0.2) is 24.3 Å². The Balaban J connectivity index is 1.79. The van der Waals surface area contributed by atoms with Gasteiger partial charge in [0.1, 0.15) is 0 Å². The topological polar surface area (TPSA) is 29.3 Å². The van der Waals surface area contributed by atoms with E-state index in [4.69, 9.17) is 5.73 Å². The van der Waals surface area contributed by atoms with Crippen molar-refractivity contribution in [2.24, 2.45) is 5.73 Å². The average molecular weight is 260 g/mol. The first kappa shape index (κ1) is 14.5. The van der Waals surface area contributed by atoms with Gasteiger partial charge in [0.05, 0.1) is 0 Å². The maximum atomic E-state index is 6.30. The van der Waals surface area contributed by atoms with Crippen LogP contribution in [0.4, 0.5) is 0 Å². The highest BCUT2D eigenvalue weighted by molar-refractivity contribution is 5.23. The van der Waals surface area contributed by atoms with Crippen LogP contribution in [0, 0.1) is 6.92 Å². The lowest BCUT2D eigenvalue weighted by Crippen LogP contribution is -2.35. The monoisotopic (exact) mass is 260 g/mol. The lowest BCUT2D eigenvalue weighted by Gasteiger charge is -2.31. The van der Waals surface area contributed by atoms with Crippen LogP contribution >= 0.6 is 0 Å². The minimum absolute atomic E-state index is 0.173. The van der Waals surface area contributed by atoms with Crippen molar-refractivity contribution in [2.75, 3.05) is 13.6 Å². The molecule has 1 saturated carbocycles. The molecule has 2 nitrogen and oxygen atoms in total. The molecule has 19 heavy (non-hydrogen) atoms.